The molecule has 0 saturated heterocycles. The lowest BCUT2D eigenvalue weighted by Crippen LogP contribution is -2.34. The van der Waals surface area contributed by atoms with E-state index in [1.54, 1.807) is 13.1 Å². The Balaban J connectivity index is 2.80. The highest BCUT2D eigenvalue weighted by Gasteiger charge is 2.11. The fourth-order valence-corrected chi connectivity index (χ4v) is 1.84. The molecule has 106 valence electrons. The van der Waals surface area contributed by atoms with E-state index in [9.17, 15) is 4.79 Å². The predicted octanol–water partition coefficient (Wildman–Crippen LogP) is 2.31. The summed E-state index contributed by atoms with van der Waals surface area (Å²) in [6, 6.07) is 3.79. The number of hydrogen-bond acceptors (Lipinski definition) is 4. The molecule has 19 heavy (non-hydrogen) atoms. The summed E-state index contributed by atoms with van der Waals surface area (Å²) in [6.45, 7) is 8.87. The van der Waals surface area contributed by atoms with Crippen molar-refractivity contribution >= 4 is 11.6 Å². The fraction of sp³-hybridized carbons (Fsp3) is 0.600. The molecule has 0 aromatic carbocycles. The third-order valence-corrected chi connectivity index (χ3v) is 2.88. The Morgan fingerprint density at radius 1 is 1.26 bits per heavy atom. The minimum atomic E-state index is 0.0581. The van der Waals surface area contributed by atoms with Crippen LogP contribution in [0.4, 0.5) is 5.82 Å². The van der Waals surface area contributed by atoms with Crippen LogP contribution in [0.1, 0.15) is 31.1 Å². The quantitative estimate of drug-likeness (QED) is 0.707. The van der Waals surface area contributed by atoms with E-state index < -0.39 is 0 Å². The third kappa shape index (κ3) is 5.39. The Morgan fingerprint density at radius 3 is 2.37 bits per heavy atom. The standard InChI is InChI=1S/C15H25N3O/c1-12(2)11-18(9-8-17(4)5)15-7-6-14(10-16-15)13(3)19/h6-7,10,12H,8-9,11H2,1-5H3. The molecule has 0 aliphatic rings. The summed E-state index contributed by atoms with van der Waals surface area (Å²) in [5.74, 6) is 1.58. The minimum Gasteiger partial charge on any atom is -0.355 e. The van der Waals surface area contributed by atoms with Gasteiger partial charge in [0.2, 0.25) is 0 Å². The van der Waals surface area contributed by atoms with Gasteiger partial charge in [0.15, 0.2) is 5.78 Å². The van der Waals surface area contributed by atoms with Crippen LogP contribution in [-0.4, -0.2) is 49.4 Å². The number of hydrogen-bond donors (Lipinski definition) is 0. The Bertz CT molecular complexity index is 398. The largest absolute Gasteiger partial charge is 0.355 e. The molecule has 0 bridgehead atoms. The molecule has 0 fully saturated rings. The lowest BCUT2D eigenvalue weighted by Gasteiger charge is -2.27. The average Bonchev–Trinajstić information content (AvgIpc) is 2.34. The molecule has 4 nitrogen and oxygen atoms in total. The topological polar surface area (TPSA) is 36.4 Å². The van der Waals surface area contributed by atoms with Crippen molar-refractivity contribution < 1.29 is 4.79 Å². The molecule has 0 amide bonds. The molecule has 0 spiro atoms. The van der Waals surface area contributed by atoms with Gasteiger partial charge in [0.05, 0.1) is 0 Å². The second kappa shape index (κ2) is 7.24. The first kappa shape index (κ1) is 15.6. The van der Waals surface area contributed by atoms with Crippen molar-refractivity contribution in [2.75, 3.05) is 38.6 Å². The lowest BCUT2D eigenvalue weighted by molar-refractivity contribution is 0.101. The number of aromatic nitrogens is 1. The zero-order valence-electron chi connectivity index (χ0n) is 12.7. The van der Waals surface area contributed by atoms with E-state index in [2.05, 4.69) is 42.7 Å². The molecule has 1 heterocycles. The Morgan fingerprint density at radius 2 is 1.95 bits per heavy atom. The van der Waals surface area contributed by atoms with Gasteiger partial charge in [0.1, 0.15) is 5.82 Å². The first-order valence-corrected chi connectivity index (χ1v) is 6.76. The SMILES string of the molecule is CC(=O)c1ccc(N(CCN(C)C)CC(C)C)nc1. The van der Waals surface area contributed by atoms with E-state index in [1.165, 1.54) is 0 Å². The fourth-order valence-electron chi connectivity index (χ4n) is 1.84. The summed E-state index contributed by atoms with van der Waals surface area (Å²) in [5.41, 5.74) is 0.667. The van der Waals surface area contributed by atoms with E-state index in [0.717, 1.165) is 25.5 Å². The molecule has 0 radical (unpaired) electrons. The molecular formula is C15H25N3O. The zero-order valence-corrected chi connectivity index (χ0v) is 12.7. The number of pyridine rings is 1. The van der Waals surface area contributed by atoms with Crippen LogP contribution in [0, 0.1) is 5.92 Å². The van der Waals surface area contributed by atoms with Crippen LogP contribution in [0.5, 0.6) is 0 Å². The van der Waals surface area contributed by atoms with Gasteiger partial charge < -0.3 is 9.80 Å². The summed E-state index contributed by atoms with van der Waals surface area (Å²) >= 11 is 0. The first-order valence-electron chi connectivity index (χ1n) is 6.76. The van der Waals surface area contributed by atoms with Crippen molar-refractivity contribution in [1.29, 1.82) is 0 Å². The van der Waals surface area contributed by atoms with E-state index in [0.29, 0.717) is 11.5 Å². The summed E-state index contributed by atoms with van der Waals surface area (Å²) in [6.07, 6.45) is 1.67. The minimum absolute atomic E-state index is 0.0581. The van der Waals surface area contributed by atoms with Crippen LogP contribution in [0.2, 0.25) is 0 Å². The number of anilines is 1. The van der Waals surface area contributed by atoms with Gasteiger partial charge in [-0.3, -0.25) is 4.79 Å². The Kier molecular flexibility index (Phi) is 5.96. The monoisotopic (exact) mass is 263 g/mol. The smallest absolute Gasteiger partial charge is 0.161 e. The molecule has 1 aromatic heterocycles. The van der Waals surface area contributed by atoms with Gasteiger partial charge in [0.25, 0.3) is 0 Å². The molecule has 1 aromatic rings. The summed E-state index contributed by atoms with van der Waals surface area (Å²) in [7, 11) is 4.14. The van der Waals surface area contributed by atoms with E-state index >= 15 is 0 Å². The third-order valence-electron chi connectivity index (χ3n) is 2.88. The number of ketones is 1. The molecular weight excluding hydrogens is 238 g/mol. The van der Waals surface area contributed by atoms with Gasteiger partial charge in [-0.25, -0.2) is 4.98 Å². The number of rotatable bonds is 7. The van der Waals surface area contributed by atoms with Crippen LogP contribution in [0.25, 0.3) is 0 Å². The second-order valence-corrected chi connectivity index (χ2v) is 5.60. The number of likely N-dealkylation sites (N-methyl/N-ethyl adjacent to an activating group) is 1. The Labute approximate surface area is 116 Å². The van der Waals surface area contributed by atoms with E-state index in [1.807, 2.05) is 12.1 Å². The highest BCUT2D eigenvalue weighted by Crippen LogP contribution is 2.13. The predicted molar refractivity (Wildman–Crippen MR) is 79.8 cm³/mol. The molecule has 1 rings (SSSR count). The molecule has 0 aliphatic carbocycles. The number of nitrogens with zero attached hydrogens (tertiary/aromatic N) is 3. The molecule has 0 N–H and O–H groups in total. The van der Waals surface area contributed by atoms with Crippen LogP contribution in [0.15, 0.2) is 18.3 Å². The van der Waals surface area contributed by atoms with Crippen LogP contribution < -0.4 is 4.90 Å². The second-order valence-electron chi connectivity index (χ2n) is 5.60. The highest BCUT2D eigenvalue weighted by atomic mass is 16.1. The van der Waals surface area contributed by atoms with Gasteiger partial charge in [0, 0.05) is 31.4 Å². The zero-order chi connectivity index (χ0) is 14.4. The van der Waals surface area contributed by atoms with Crippen LogP contribution >= 0.6 is 0 Å². The maximum absolute atomic E-state index is 11.3. The number of carbonyl (C=O) groups is 1. The van der Waals surface area contributed by atoms with Crippen molar-refractivity contribution in [2.45, 2.75) is 20.8 Å². The summed E-state index contributed by atoms with van der Waals surface area (Å²) in [5, 5.41) is 0. The van der Waals surface area contributed by atoms with Crippen molar-refractivity contribution in [2.24, 2.45) is 5.92 Å². The average molecular weight is 263 g/mol. The summed E-state index contributed by atoms with van der Waals surface area (Å²) < 4.78 is 0. The van der Waals surface area contributed by atoms with Crippen LogP contribution in [-0.2, 0) is 0 Å². The first-order chi connectivity index (χ1) is 8.90. The van der Waals surface area contributed by atoms with Gasteiger partial charge in [-0.1, -0.05) is 13.8 Å². The lowest BCUT2D eigenvalue weighted by atomic mass is 10.2. The van der Waals surface area contributed by atoms with Crippen molar-refractivity contribution in [1.82, 2.24) is 9.88 Å². The van der Waals surface area contributed by atoms with Crippen molar-refractivity contribution in [3.63, 3.8) is 0 Å². The van der Waals surface area contributed by atoms with E-state index in [4.69, 9.17) is 0 Å². The normalized spacial score (nSPS) is 11.1. The Hall–Kier alpha value is -1.42. The number of Topliss-reactive ketones (excluding diaryl/α,β-unsaturated/α-hetero) is 1. The van der Waals surface area contributed by atoms with Crippen molar-refractivity contribution in [3.8, 4) is 0 Å². The van der Waals surface area contributed by atoms with Crippen LogP contribution in [0.3, 0.4) is 0 Å². The molecule has 0 saturated carbocycles. The summed E-state index contributed by atoms with van der Waals surface area (Å²) in [4.78, 5) is 20.1. The van der Waals surface area contributed by atoms with Gasteiger partial charge in [-0.2, -0.15) is 0 Å². The molecule has 0 atom stereocenters. The van der Waals surface area contributed by atoms with Gasteiger partial charge in [-0.15, -0.1) is 0 Å². The maximum Gasteiger partial charge on any atom is 0.161 e. The van der Waals surface area contributed by atoms with Crippen molar-refractivity contribution in [3.05, 3.63) is 23.9 Å². The highest BCUT2D eigenvalue weighted by molar-refractivity contribution is 5.93. The number of carbonyl (C=O) groups excluding carboxylic acids is 1. The molecule has 0 aliphatic heterocycles. The van der Waals surface area contributed by atoms with E-state index in [-0.39, 0.29) is 5.78 Å². The van der Waals surface area contributed by atoms with Gasteiger partial charge in [-0.05, 0) is 39.1 Å². The van der Waals surface area contributed by atoms with Gasteiger partial charge >= 0.3 is 0 Å². The maximum atomic E-state index is 11.3. The molecule has 0 unspecified atom stereocenters. The molecule has 4 heteroatoms.